The van der Waals surface area contributed by atoms with E-state index in [1.54, 1.807) is 0 Å². The molecule has 1 N–H and O–H groups in total. The summed E-state index contributed by atoms with van der Waals surface area (Å²) < 4.78 is 0. The summed E-state index contributed by atoms with van der Waals surface area (Å²) in [6, 6.07) is 4.15. The Morgan fingerprint density at radius 1 is 0.840 bits per heavy atom. The van der Waals surface area contributed by atoms with Crippen LogP contribution in [-0.2, 0) is 0 Å². The molecule has 4 rings (SSSR count). The average Bonchev–Trinajstić information content (AvgIpc) is 2.71. The molecular formula is C19H31N5S. The first-order valence-electron chi connectivity index (χ1n) is 9.98. The van der Waals surface area contributed by atoms with E-state index >= 15 is 0 Å². The Hall–Kier alpha value is -0.850. The third-order valence-electron chi connectivity index (χ3n) is 6.04. The molecule has 0 atom stereocenters. The Morgan fingerprint density at radius 3 is 2.08 bits per heavy atom. The molecule has 0 unspecified atom stereocenters. The van der Waals surface area contributed by atoms with Gasteiger partial charge in [-0.2, -0.15) is 11.8 Å². The van der Waals surface area contributed by atoms with Crippen molar-refractivity contribution < 1.29 is 0 Å². The maximum atomic E-state index is 4.38. The third kappa shape index (κ3) is 4.66. The highest BCUT2D eigenvalue weighted by Gasteiger charge is 2.28. The molecule has 138 valence electrons. The van der Waals surface area contributed by atoms with Gasteiger partial charge in [0.15, 0.2) is 0 Å². The fourth-order valence-electron chi connectivity index (χ4n) is 4.52. The second-order valence-corrected chi connectivity index (χ2v) is 8.86. The lowest BCUT2D eigenvalue weighted by molar-refractivity contribution is 0.130. The summed E-state index contributed by atoms with van der Waals surface area (Å²) in [7, 11) is 0. The van der Waals surface area contributed by atoms with Crippen LogP contribution in [0.15, 0.2) is 18.5 Å². The highest BCUT2D eigenvalue weighted by molar-refractivity contribution is 7.99. The van der Waals surface area contributed by atoms with Gasteiger partial charge in [-0.15, -0.1) is 0 Å². The number of nitrogens with one attached hydrogen (secondary N) is 1. The van der Waals surface area contributed by atoms with Gasteiger partial charge in [0.1, 0.15) is 0 Å². The zero-order chi connectivity index (χ0) is 16.9. The van der Waals surface area contributed by atoms with Gasteiger partial charge >= 0.3 is 0 Å². The smallest absolute Gasteiger partial charge is 0.225 e. The fourth-order valence-corrected chi connectivity index (χ4v) is 5.60. The zero-order valence-electron chi connectivity index (χ0n) is 15.1. The monoisotopic (exact) mass is 361 g/mol. The Labute approximate surface area is 156 Å². The number of aromatic nitrogens is 2. The molecule has 5 nitrogen and oxygen atoms in total. The minimum atomic E-state index is 0.669. The van der Waals surface area contributed by atoms with Crippen molar-refractivity contribution >= 4 is 17.7 Å². The molecule has 0 radical (unpaired) electrons. The molecule has 0 amide bonds. The number of nitrogens with zero attached hydrogens (tertiary/aromatic N) is 4. The van der Waals surface area contributed by atoms with Crippen LogP contribution >= 0.6 is 11.8 Å². The summed E-state index contributed by atoms with van der Waals surface area (Å²) in [6.07, 6.45) is 11.6. The summed E-state index contributed by atoms with van der Waals surface area (Å²) in [5.41, 5.74) is 0. The number of anilines is 1. The van der Waals surface area contributed by atoms with Crippen LogP contribution in [0.4, 0.5) is 5.95 Å². The number of hydrogen-bond acceptors (Lipinski definition) is 6. The molecule has 3 aliphatic heterocycles. The molecule has 25 heavy (non-hydrogen) atoms. The van der Waals surface area contributed by atoms with Gasteiger partial charge < -0.3 is 15.1 Å². The van der Waals surface area contributed by atoms with Gasteiger partial charge in [-0.25, -0.2) is 9.97 Å². The Bertz CT molecular complexity index is 506. The van der Waals surface area contributed by atoms with E-state index in [-0.39, 0.29) is 0 Å². The van der Waals surface area contributed by atoms with Crippen molar-refractivity contribution in [2.24, 2.45) is 0 Å². The SMILES string of the molecule is c1cnc(N2CCC(NC3CCN(C4CCSCC4)CC3)CC2)nc1. The van der Waals surface area contributed by atoms with Crippen molar-refractivity contribution in [3.8, 4) is 0 Å². The van der Waals surface area contributed by atoms with Gasteiger partial charge in [0.25, 0.3) is 0 Å². The lowest BCUT2D eigenvalue weighted by Gasteiger charge is -2.41. The molecule has 0 bridgehead atoms. The van der Waals surface area contributed by atoms with E-state index in [9.17, 15) is 0 Å². The van der Waals surface area contributed by atoms with Crippen LogP contribution < -0.4 is 10.2 Å². The van der Waals surface area contributed by atoms with Gasteiger partial charge in [0, 0.05) is 43.6 Å². The van der Waals surface area contributed by atoms with Crippen molar-refractivity contribution in [3.63, 3.8) is 0 Å². The van der Waals surface area contributed by atoms with Crippen LogP contribution in [-0.4, -0.2) is 70.7 Å². The molecular weight excluding hydrogens is 330 g/mol. The molecule has 0 saturated carbocycles. The average molecular weight is 362 g/mol. The largest absolute Gasteiger partial charge is 0.341 e. The number of piperidine rings is 2. The maximum absolute atomic E-state index is 4.38. The zero-order valence-corrected chi connectivity index (χ0v) is 16.0. The maximum Gasteiger partial charge on any atom is 0.225 e. The Balaban J connectivity index is 1.18. The molecule has 1 aromatic rings. The molecule has 3 saturated heterocycles. The van der Waals surface area contributed by atoms with Crippen LogP contribution in [0.5, 0.6) is 0 Å². The lowest BCUT2D eigenvalue weighted by Crippen LogP contribution is -2.52. The quantitative estimate of drug-likeness (QED) is 0.888. The second kappa shape index (κ2) is 8.69. The van der Waals surface area contributed by atoms with E-state index in [0.717, 1.165) is 31.1 Å². The first-order chi connectivity index (χ1) is 12.4. The van der Waals surface area contributed by atoms with Crippen LogP contribution in [0.25, 0.3) is 0 Å². The first-order valence-corrected chi connectivity index (χ1v) is 11.1. The number of likely N-dealkylation sites (tertiary alicyclic amines) is 1. The van der Waals surface area contributed by atoms with Crippen LogP contribution in [0, 0.1) is 0 Å². The molecule has 1 aromatic heterocycles. The summed E-state index contributed by atoms with van der Waals surface area (Å²) in [5.74, 6) is 3.62. The summed E-state index contributed by atoms with van der Waals surface area (Å²) >= 11 is 2.13. The predicted molar refractivity (Wildman–Crippen MR) is 105 cm³/mol. The molecule has 6 heteroatoms. The predicted octanol–water partition coefficient (Wildman–Crippen LogP) is 2.39. The van der Waals surface area contributed by atoms with Crippen molar-refractivity contribution in [1.82, 2.24) is 20.2 Å². The van der Waals surface area contributed by atoms with Crippen molar-refractivity contribution in [2.45, 2.75) is 56.7 Å². The number of rotatable bonds is 4. The topological polar surface area (TPSA) is 44.3 Å². The first kappa shape index (κ1) is 17.6. The number of thioether (sulfide) groups is 1. The van der Waals surface area contributed by atoms with Gasteiger partial charge in [-0.05, 0) is 69.2 Å². The minimum Gasteiger partial charge on any atom is -0.341 e. The Morgan fingerprint density at radius 2 is 1.44 bits per heavy atom. The molecule has 3 aliphatic rings. The number of hydrogen-bond donors (Lipinski definition) is 1. The molecule has 4 heterocycles. The highest BCUT2D eigenvalue weighted by Crippen LogP contribution is 2.25. The lowest BCUT2D eigenvalue weighted by atomic mass is 9.97. The summed E-state index contributed by atoms with van der Waals surface area (Å²) in [6.45, 7) is 4.73. The molecule has 0 aromatic carbocycles. The van der Waals surface area contributed by atoms with E-state index in [1.807, 2.05) is 18.5 Å². The molecule has 0 spiro atoms. The van der Waals surface area contributed by atoms with E-state index in [2.05, 4.69) is 36.8 Å². The normalized spacial score (nSPS) is 25.4. The van der Waals surface area contributed by atoms with Crippen LogP contribution in [0.1, 0.15) is 38.5 Å². The van der Waals surface area contributed by atoms with Gasteiger partial charge in [0.05, 0.1) is 0 Å². The third-order valence-corrected chi connectivity index (χ3v) is 7.09. The molecule has 0 aliphatic carbocycles. The minimum absolute atomic E-state index is 0.669. The second-order valence-electron chi connectivity index (χ2n) is 7.63. The van der Waals surface area contributed by atoms with Gasteiger partial charge in [-0.3, -0.25) is 0 Å². The summed E-state index contributed by atoms with van der Waals surface area (Å²) in [4.78, 5) is 13.9. The molecule has 3 fully saturated rings. The van der Waals surface area contributed by atoms with E-state index in [4.69, 9.17) is 0 Å². The van der Waals surface area contributed by atoms with E-state index < -0.39 is 0 Å². The van der Waals surface area contributed by atoms with Crippen LogP contribution in [0.3, 0.4) is 0 Å². The van der Waals surface area contributed by atoms with E-state index in [1.165, 1.54) is 63.1 Å². The summed E-state index contributed by atoms with van der Waals surface area (Å²) in [5, 5.41) is 3.96. The van der Waals surface area contributed by atoms with E-state index in [0.29, 0.717) is 6.04 Å². The standard InChI is InChI=1S/C19H31N5S/c1-8-20-19(21-9-1)24-12-4-17(5-13-24)22-16-2-10-23(11-3-16)18-6-14-25-15-7-18/h1,8-9,16-18,22H,2-7,10-15H2. The van der Waals surface area contributed by atoms with Crippen molar-refractivity contribution in [3.05, 3.63) is 18.5 Å². The van der Waals surface area contributed by atoms with Crippen molar-refractivity contribution in [2.75, 3.05) is 42.6 Å². The van der Waals surface area contributed by atoms with Gasteiger partial charge in [0.2, 0.25) is 5.95 Å². The van der Waals surface area contributed by atoms with Gasteiger partial charge in [-0.1, -0.05) is 0 Å². The Kier molecular flexibility index (Phi) is 6.10. The van der Waals surface area contributed by atoms with Crippen LogP contribution in [0.2, 0.25) is 0 Å². The highest BCUT2D eigenvalue weighted by atomic mass is 32.2. The fraction of sp³-hybridized carbons (Fsp3) is 0.789. The van der Waals surface area contributed by atoms with Crippen molar-refractivity contribution in [1.29, 1.82) is 0 Å².